The summed E-state index contributed by atoms with van der Waals surface area (Å²) in [7, 11) is 1.66. The lowest BCUT2D eigenvalue weighted by Gasteiger charge is -2.18. The van der Waals surface area contributed by atoms with Crippen molar-refractivity contribution in [3.63, 3.8) is 0 Å². The molecule has 0 heterocycles. The summed E-state index contributed by atoms with van der Waals surface area (Å²) in [5, 5.41) is 12.3. The van der Waals surface area contributed by atoms with Crippen LogP contribution in [0.5, 0.6) is 5.75 Å². The van der Waals surface area contributed by atoms with Gasteiger partial charge in [0, 0.05) is 23.7 Å². The molecule has 0 aliphatic heterocycles. The van der Waals surface area contributed by atoms with E-state index in [0.29, 0.717) is 23.4 Å². The van der Waals surface area contributed by atoms with Crippen LogP contribution in [-0.2, 0) is 0 Å². The Morgan fingerprint density at radius 2 is 2.04 bits per heavy atom. The highest BCUT2D eigenvalue weighted by Gasteiger charge is 2.13. The monoisotopic (exact) mass is 308 g/mol. The molecule has 23 heavy (non-hydrogen) atoms. The van der Waals surface area contributed by atoms with Gasteiger partial charge in [-0.05, 0) is 36.8 Å². The molecule has 0 aliphatic rings. The van der Waals surface area contributed by atoms with Crippen molar-refractivity contribution in [1.82, 2.24) is 0 Å². The Morgan fingerprint density at radius 3 is 2.70 bits per heavy atom. The molecule has 2 aromatic carbocycles. The summed E-state index contributed by atoms with van der Waals surface area (Å²) in [6.45, 7) is 4.25. The zero-order valence-corrected chi connectivity index (χ0v) is 13.6. The van der Waals surface area contributed by atoms with Crippen molar-refractivity contribution in [3.8, 4) is 11.8 Å². The van der Waals surface area contributed by atoms with Crippen molar-refractivity contribution >= 4 is 11.5 Å². The molecule has 2 aromatic rings. The predicted octanol–water partition coefficient (Wildman–Crippen LogP) is 3.99. The van der Waals surface area contributed by atoms with Gasteiger partial charge in [0.2, 0.25) is 0 Å². The lowest BCUT2D eigenvalue weighted by Crippen LogP contribution is -2.13. The SMILES string of the molecule is COc1ccccc1C(C)CNc1cc(C#N)ccc1C(C)=O. The predicted molar refractivity (Wildman–Crippen MR) is 91.1 cm³/mol. The number of ether oxygens (including phenoxy) is 1. The van der Waals surface area contributed by atoms with E-state index in [1.54, 1.807) is 25.3 Å². The second kappa shape index (κ2) is 7.46. The second-order valence-electron chi connectivity index (χ2n) is 5.45. The number of nitrogens with zero attached hydrogens (tertiary/aromatic N) is 1. The first-order valence-electron chi connectivity index (χ1n) is 7.48. The van der Waals surface area contributed by atoms with Crippen LogP contribution in [-0.4, -0.2) is 19.4 Å². The molecule has 0 spiro atoms. The van der Waals surface area contributed by atoms with E-state index in [0.717, 1.165) is 11.3 Å². The fourth-order valence-electron chi connectivity index (χ4n) is 2.51. The summed E-state index contributed by atoms with van der Waals surface area (Å²) in [6.07, 6.45) is 0. The van der Waals surface area contributed by atoms with Gasteiger partial charge in [-0.2, -0.15) is 5.26 Å². The minimum Gasteiger partial charge on any atom is -0.496 e. The van der Waals surface area contributed by atoms with E-state index in [1.165, 1.54) is 6.92 Å². The zero-order valence-electron chi connectivity index (χ0n) is 13.6. The topological polar surface area (TPSA) is 62.1 Å². The number of benzene rings is 2. The van der Waals surface area contributed by atoms with Crippen molar-refractivity contribution in [2.24, 2.45) is 0 Å². The molecule has 0 aromatic heterocycles. The normalized spacial score (nSPS) is 11.4. The highest BCUT2D eigenvalue weighted by Crippen LogP contribution is 2.27. The van der Waals surface area contributed by atoms with Gasteiger partial charge in [-0.3, -0.25) is 4.79 Å². The third kappa shape index (κ3) is 3.89. The largest absolute Gasteiger partial charge is 0.496 e. The molecule has 2 rings (SSSR count). The van der Waals surface area contributed by atoms with Crippen LogP contribution >= 0.6 is 0 Å². The standard InChI is InChI=1S/C19H20N2O2/c1-13(16-6-4-5-7-19(16)23-3)12-21-18-10-15(11-20)8-9-17(18)14(2)22/h4-10,13,21H,12H2,1-3H3. The number of anilines is 1. The zero-order chi connectivity index (χ0) is 16.8. The average Bonchev–Trinajstić information content (AvgIpc) is 2.59. The maximum Gasteiger partial charge on any atom is 0.161 e. The van der Waals surface area contributed by atoms with Crippen molar-refractivity contribution in [2.45, 2.75) is 19.8 Å². The molecule has 4 nitrogen and oxygen atoms in total. The van der Waals surface area contributed by atoms with Crippen LogP contribution in [0.25, 0.3) is 0 Å². The molecule has 0 fully saturated rings. The molecule has 0 saturated carbocycles. The Balaban J connectivity index is 2.20. The van der Waals surface area contributed by atoms with Gasteiger partial charge in [0.15, 0.2) is 5.78 Å². The third-order valence-electron chi connectivity index (χ3n) is 3.80. The van der Waals surface area contributed by atoms with Gasteiger partial charge in [-0.25, -0.2) is 0 Å². The third-order valence-corrected chi connectivity index (χ3v) is 3.80. The Labute approximate surface area is 136 Å². The highest BCUT2D eigenvalue weighted by molar-refractivity contribution is 5.99. The minimum atomic E-state index is -0.0260. The van der Waals surface area contributed by atoms with Gasteiger partial charge in [0.25, 0.3) is 0 Å². The molecule has 0 radical (unpaired) electrons. The first kappa shape index (κ1) is 16.6. The highest BCUT2D eigenvalue weighted by atomic mass is 16.5. The number of ketones is 1. The van der Waals surface area contributed by atoms with E-state index in [-0.39, 0.29) is 11.7 Å². The van der Waals surface area contributed by atoms with E-state index in [1.807, 2.05) is 24.3 Å². The van der Waals surface area contributed by atoms with Gasteiger partial charge < -0.3 is 10.1 Å². The van der Waals surface area contributed by atoms with Crippen LogP contribution < -0.4 is 10.1 Å². The van der Waals surface area contributed by atoms with E-state index in [9.17, 15) is 4.79 Å². The maximum atomic E-state index is 11.7. The van der Waals surface area contributed by atoms with Crippen molar-refractivity contribution in [1.29, 1.82) is 5.26 Å². The fraction of sp³-hybridized carbons (Fsp3) is 0.263. The maximum absolute atomic E-state index is 11.7. The quantitative estimate of drug-likeness (QED) is 0.820. The Bertz CT molecular complexity index is 747. The summed E-state index contributed by atoms with van der Waals surface area (Å²) in [6, 6.07) is 15.0. The van der Waals surface area contributed by atoms with E-state index >= 15 is 0 Å². The number of hydrogen-bond donors (Lipinski definition) is 1. The van der Waals surface area contributed by atoms with Crippen molar-refractivity contribution in [2.75, 3.05) is 19.0 Å². The van der Waals surface area contributed by atoms with Gasteiger partial charge in [0.05, 0.1) is 18.7 Å². The summed E-state index contributed by atoms with van der Waals surface area (Å²) < 4.78 is 5.39. The van der Waals surface area contributed by atoms with Gasteiger partial charge in [-0.15, -0.1) is 0 Å². The Hall–Kier alpha value is -2.80. The molecule has 1 N–H and O–H groups in total. The van der Waals surface area contributed by atoms with Gasteiger partial charge >= 0.3 is 0 Å². The lowest BCUT2D eigenvalue weighted by molar-refractivity contribution is 0.101. The Kier molecular flexibility index (Phi) is 5.37. The number of carbonyl (C=O) groups excluding carboxylic acids is 1. The molecular weight excluding hydrogens is 288 g/mol. The van der Waals surface area contributed by atoms with Crippen molar-refractivity contribution in [3.05, 3.63) is 59.2 Å². The number of para-hydroxylation sites is 1. The number of rotatable bonds is 6. The molecular formula is C19H20N2O2. The van der Waals surface area contributed by atoms with Gasteiger partial charge in [-0.1, -0.05) is 25.1 Å². The summed E-state index contributed by atoms with van der Waals surface area (Å²) in [5.41, 5.74) is 2.92. The number of methoxy groups -OCH3 is 1. The van der Waals surface area contributed by atoms with Crippen LogP contribution in [0.2, 0.25) is 0 Å². The van der Waals surface area contributed by atoms with Crippen LogP contribution in [0.15, 0.2) is 42.5 Å². The van der Waals surface area contributed by atoms with Crippen LogP contribution in [0.1, 0.15) is 41.3 Å². The van der Waals surface area contributed by atoms with Gasteiger partial charge in [0.1, 0.15) is 5.75 Å². The van der Waals surface area contributed by atoms with Crippen LogP contribution in [0.3, 0.4) is 0 Å². The summed E-state index contributed by atoms with van der Waals surface area (Å²) in [5.74, 6) is 1.01. The van der Waals surface area contributed by atoms with E-state index in [4.69, 9.17) is 10.00 Å². The molecule has 118 valence electrons. The second-order valence-corrected chi connectivity index (χ2v) is 5.45. The first-order valence-corrected chi connectivity index (χ1v) is 7.48. The first-order chi connectivity index (χ1) is 11.1. The molecule has 0 aliphatic carbocycles. The number of nitriles is 1. The molecule has 0 bridgehead atoms. The van der Waals surface area contributed by atoms with E-state index < -0.39 is 0 Å². The minimum absolute atomic E-state index is 0.0260. The van der Waals surface area contributed by atoms with Crippen LogP contribution in [0.4, 0.5) is 5.69 Å². The molecule has 0 amide bonds. The lowest BCUT2D eigenvalue weighted by atomic mass is 9.99. The average molecular weight is 308 g/mol. The molecule has 1 atom stereocenters. The van der Waals surface area contributed by atoms with E-state index in [2.05, 4.69) is 18.3 Å². The molecule has 1 unspecified atom stereocenters. The summed E-state index contributed by atoms with van der Waals surface area (Å²) >= 11 is 0. The number of hydrogen-bond acceptors (Lipinski definition) is 4. The van der Waals surface area contributed by atoms with Crippen molar-refractivity contribution < 1.29 is 9.53 Å². The Morgan fingerprint density at radius 1 is 1.30 bits per heavy atom. The smallest absolute Gasteiger partial charge is 0.161 e. The number of Topliss-reactive ketones (excluding diaryl/α,β-unsaturated/α-hetero) is 1. The molecule has 0 saturated heterocycles. The number of carbonyl (C=O) groups is 1. The summed E-state index contributed by atoms with van der Waals surface area (Å²) in [4.78, 5) is 11.7. The molecule has 4 heteroatoms. The van der Waals surface area contributed by atoms with Crippen LogP contribution in [0, 0.1) is 11.3 Å². The fourth-order valence-corrected chi connectivity index (χ4v) is 2.51. The number of nitrogens with one attached hydrogen (secondary N) is 1.